The maximum Gasteiger partial charge on any atom is 0.126 e. The first kappa shape index (κ1) is 20.5. The molecule has 3 nitrogen and oxygen atoms in total. The number of piperidine rings is 1. The highest BCUT2D eigenvalue weighted by molar-refractivity contribution is 5.38. The Kier molecular flexibility index (Phi) is 8.88. The second-order valence-corrected chi connectivity index (χ2v) is 8.02. The number of aryl methyl sites for hydroxylation is 1. The van der Waals surface area contributed by atoms with Crippen LogP contribution in [0.25, 0.3) is 0 Å². The molecule has 1 aliphatic heterocycles. The van der Waals surface area contributed by atoms with E-state index in [-0.39, 0.29) is 0 Å². The van der Waals surface area contributed by atoms with Gasteiger partial charge < -0.3 is 10.2 Å². The van der Waals surface area contributed by atoms with Crippen molar-refractivity contribution in [1.29, 1.82) is 0 Å². The van der Waals surface area contributed by atoms with Crippen molar-refractivity contribution < 1.29 is 0 Å². The van der Waals surface area contributed by atoms with Gasteiger partial charge in [-0.25, -0.2) is 4.98 Å². The Morgan fingerprint density at radius 3 is 2.33 bits per heavy atom. The fourth-order valence-electron chi connectivity index (χ4n) is 2.76. The standard InChI is InChI=1S/C17H27N3.C4H10/c1-13(2)11-15(4)20-9-6-16(7-10-20)19-17-12-14(3)5-8-18-17;1-4(2)3/h5,8,12-13,16H,4,6-7,9-11H2,1-3H3,(H,18,19);4H,1-3H3. The van der Waals surface area contributed by atoms with E-state index in [1.165, 1.54) is 11.3 Å². The maximum absolute atomic E-state index is 4.38. The molecule has 0 unspecified atom stereocenters. The second kappa shape index (κ2) is 10.4. The average molecular weight is 332 g/mol. The van der Waals surface area contributed by atoms with Gasteiger partial charge in [0.25, 0.3) is 0 Å². The number of nitrogens with zero attached hydrogens (tertiary/aromatic N) is 2. The monoisotopic (exact) mass is 331 g/mol. The first-order valence-corrected chi connectivity index (χ1v) is 9.39. The molecule has 0 aromatic carbocycles. The molecule has 1 aromatic rings. The van der Waals surface area contributed by atoms with E-state index in [2.05, 4.69) is 69.4 Å². The molecule has 0 saturated carbocycles. The van der Waals surface area contributed by atoms with Gasteiger partial charge in [0, 0.05) is 31.0 Å². The summed E-state index contributed by atoms with van der Waals surface area (Å²) in [6.07, 6.45) is 5.30. The van der Waals surface area contributed by atoms with Crippen LogP contribution in [0.3, 0.4) is 0 Å². The first-order valence-electron chi connectivity index (χ1n) is 9.39. The molecular weight excluding hydrogens is 294 g/mol. The van der Waals surface area contributed by atoms with E-state index >= 15 is 0 Å². The first-order chi connectivity index (χ1) is 11.3. The largest absolute Gasteiger partial charge is 0.375 e. The third kappa shape index (κ3) is 8.37. The summed E-state index contributed by atoms with van der Waals surface area (Å²) in [5, 5.41) is 3.55. The third-order valence-electron chi connectivity index (χ3n) is 3.85. The molecule has 1 aliphatic rings. The number of pyridine rings is 1. The maximum atomic E-state index is 4.38. The van der Waals surface area contributed by atoms with Gasteiger partial charge in [0.1, 0.15) is 5.82 Å². The smallest absolute Gasteiger partial charge is 0.126 e. The quantitative estimate of drug-likeness (QED) is 0.773. The Morgan fingerprint density at radius 2 is 1.83 bits per heavy atom. The molecule has 24 heavy (non-hydrogen) atoms. The Hall–Kier alpha value is -1.51. The molecule has 0 spiro atoms. The minimum atomic E-state index is 0.535. The van der Waals surface area contributed by atoms with Crippen molar-refractivity contribution in [3.63, 3.8) is 0 Å². The van der Waals surface area contributed by atoms with Crippen molar-refractivity contribution in [3.05, 3.63) is 36.2 Å². The number of hydrogen-bond acceptors (Lipinski definition) is 3. The van der Waals surface area contributed by atoms with Gasteiger partial charge in [-0.05, 0) is 55.7 Å². The van der Waals surface area contributed by atoms with Crippen molar-refractivity contribution in [3.8, 4) is 0 Å². The van der Waals surface area contributed by atoms with Crippen molar-refractivity contribution in [2.75, 3.05) is 18.4 Å². The molecule has 1 fully saturated rings. The van der Waals surface area contributed by atoms with E-state index in [1.54, 1.807) is 0 Å². The third-order valence-corrected chi connectivity index (χ3v) is 3.85. The molecule has 0 aliphatic carbocycles. The van der Waals surface area contributed by atoms with Crippen LogP contribution in [0.1, 0.15) is 59.4 Å². The van der Waals surface area contributed by atoms with E-state index in [9.17, 15) is 0 Å². The number of aromatic nitrogens is 1. The zero-order valence-corrected chi connectivity index (χ0v) is 16.6. The normalized spacial score (nSPS) is 15.2. The summed E-state index contributed by atoms with van der Waals surface area (Å²) < 4.78 is 0. The summed E-state index contributed by atoms with van der Waals surface area (Å²) in [5.74, 6) is 2.53. The summed E-state index contributed by atoms with van der Waals surface area (Å²) >= 11 is 0. The van der Waals surface area contributed by atoms with Crippen LogP contribution >= 0.6 is 0 Å². The molecule has 136 valence electrons. The van der Waals surface area contributed by atoms with Gasteiger partial charge in [-0.15, -0.1) is 0 Å². The molecule has 1 aromatic heterocycles. The molecule has 1 saturated heterocycles. The predicted molar refractivity (Wildman–Crippen MR) is 106 cm³/mol. The number of allylic oxidation sites excluding steroid dienone is 1. The predicted octanol–water partition coefficient (Wildman–Crippen LogP) is 5.49. The van der Waals surface area contributed by atoms with Crippen LogP contribution in [0.5, 0.6) is 0 Å². The molecule has 0 amide bonds. The van der Waals surface area contributed by atoms with Crippen molar-refractivity contribution in [1.82, 2.24) is 9.88 Å². The summed E-state index contributed by atoms with van der Waals surface area (Å²) in [7, 11) is 0. The fourth-order valence-corrected chi connectivity index (χ4v) is 2.76. The van der Waals surface area contributed by atoms with Gasteiger partial charge in [0.05, 0.1) is 0 Å². The van der Waals surface area contributed by atoms with E-state index in [1.807, 2.05) is 12.3 Å². The summed E-state index contributed by atoms with van der Waals surface area (Å²) in [6, 6.07) is 4.68. The fraction of sp³-hybridized carbons (Fsp3) is 0.667. The van der Waals surface area contributed by atoms with Crippen LogP contribution in [0.4, 0.5) is 5.82 Å². The van der Waals surface area contributed by atoms with Crippen LogP contribution in [0.2, 0.25) is 0 Å². The SMILES string of the molecule is C=C(CC(C)C)N1CCC(Nc2cc(C)ccn2)CC1.CC(C)C. The lowest BCUT2D eigenvalue weighted by atomic mass is 10.0. The van der Waals surface area contributed by atoms with E-state index in [4.69, 9.17) is 0 Å². The van der Waals surface area contributed by atoms with Gasteiger partial charge in [-0.3, -0.25) is 0 Å². The van der Waals surface area contributed by atoms with Crippen LogP contribution in [0.15, 0.2) is 30.6 Å². The van der Waals surface area contributed by atoms with Gasteiger partial charge in [0.15, 0.2) is 0 Å². The number of nitrogens with one attached hydrogen (secondary N) is 1. The number of anilines is 1. The summed E-state index contributed by atoms with van der Waals surface area (Å²) in [6.45, 7) is 19.6. The highest BCUT2D eigenvalue weighted by Gasteiger charge is 2.20. The van der Waals surface area contributed by atoms with Gasteiger partial charge in [0.2, 0.25) is 0 Å². The van der Waals surface area contributed by atoms with Crippen molar-refractivity contribution in [2.45, 2.75) is 66.8 Å². The number of rotatable bonds is 5. The minimum absolute atomic E-state index is 0.535. The Balaban J connectivity index is 0.000000648. The Morgan fingerprint density at radius 1 is 1.25 bits per heavy atom. The van der Waals surface area contributed by atoms with Crippen LogP contribution < -0.4 is 5.32 Å². The molecule has 0 atom stereocenters. The molecule has 3 heteroatoms. The summed E-state index contributed by atoms with van der Waals surface area (Å²) in [4.78, 5) is 6.83. The van der Waals surface area contributed by atoms with Gasteiger partial charge >= 0.3 is 0 Å². The highest BCUT2D eigenvalue weighted by Crippen LogP contribution is 2.21. The lowest BCUT2D eigenvalue weighted by Crippen LogP contribution is -2.38. The molecule has 0 bridgehead atoms. The zero-order chi connectivity index (χ0) is 18.1. The lowest BCUT2D eigenvalue weighted by Gasteiger charge is -2.35. The number of likely N-dealkylation sites (tertiary alicyclic amines) is 1. The topological polar surface area (TPSA) is 28.2 Å². The minimum Gasteiger partial charge on any atom is -0.375 e. The van der Waals surface area contributed by atoms with Crippen LogP contribution in [-0.2, 0) is 0 Å². The number of hydrogen-bond donors (Lipinski definition) is 1. The van der Waals surface area contributed by atoms with E-state index < -0.39 is 0 Å². The second-order valence-electron chi connectivity index (χ2n) is 8.02. The van der Waals surface area contributed by atoms with Gasteiger partial charge in [-0.2, -0.15) is 0 Å². The lowest BCUT2D eigenvalue weighted by molar-refractivity contribution is 0.259. The molecule has 2 rings (SSSR count). The summed E-state index contributed by atoms with van der Waals surface area (Å²) in [5.41, 5.74) is 2.55. The Bertz CT molecular complexity index is 483. The highest BCUT2D eigenvalue weighted by atomic mass is 15.2. The zero-order valence-electron chi connectivity index (χ0n) is 16.6. The average Bonchev–Trinajstić information content (AvgIpc) is 2.46. The van der Waals surface area contributed by atoms with E-state index in [0.717, 1.165) is 44.1 Å². The molecule has 1 N–H and O–H groups in total. The van der Waals surface area contributed by atoms with E-state index in [0.29, 0.717) is 12.0 Å². The van der Waals surface area contributed by atoms with Crippen LogP contribution in [-0.4, -0.2) is 29.0 Å². The molecular formula is C21H37N3. The molecule has 2 heterocycles. The molecule has 0 radical (unpaired) electrons. The van der Waals surface area contributed by atoms with Crippen molar-refractivity contribution in [2.24, 2.45) is 11.8 Å². The van der Waals surface area contributed by atoms with Crippen molar-refractivity contribution >= 4 is 5.82 Å². The van der Waals surface area contributed by atoms with Gasteiger partial charge in [-0.1, -0.05) is 41.2 Å². The van der Waals surface area contributed by atoms with Crippen LogP contribution in [0, 0.1) is 18.8 Å². The Labute approximate surface area is 149 Å².